The summed E-state index contributed by atoms with van der Waals surface area (Å²) in [5, 5.41) is 25.8. The number of thioether (sulfide) groups is 1. The van der Waals surface area contributed by atoms with Gasteiger partial charge in [-0.3, -0.25) is 0 Å². The summed E-state index contributed by atoms with van der Waals surface area (Å²) in [6, 6.07) is 0. The van der Waals surface area contributed by atoms with E-state index in [0.717, 1.165) is 16.8 Å². The standard InChI is InChI=1S/C6H9N3O3S2/c7-6-9-8-3(14-6)1-2-13-5(12)4(10)11/h5,12H,1-2H2,(H2,7,9)(H,10,11). The molecule has 1 aromatic rings. The van der Waals surface area contributed by atoms with Gasteiger partial charge in [0.15, 0.2) is 5.44 Å². The van der Waals surface area contributed by atoms with Gasteiger partial charge in [0.2, 0.25) is 5.13 Å². The second-order valence-electron chi connectivity index (χ2n) is 2.35. The smallest absolute Gasteiger partial charge is 0.343 e. The molecular formula is C6H9N3O3S2. The molecule has 6 nitrogen and oxygen atoms in total. The third kappa shape index (κ3) is 3.48. The first-order valence-corrected chi connectivity index (χ1v) is 5.56. The lowest BCUT2D eigenvalue weighted by Crippen LogP contribution is -2.15. The number of aliphatic carboxylic acids is 1. The Morgan fingerprint density at radius 3 is 2.86 bits per heavy atom. The van der Waals surface area contributed by atoms with Crippen LogP contribution in [0.25, 0.3) is 0 Å². The largest absolute Gasteiger partial charge is 0.479 e. The predicted octanol–water partition coefficient (Wildman–Crippen LogP) is -0.201. The van der Waals surface area contributed by atoms with Crippen molar-refractivity contribution in [1.82, 2.24) is 10.2 Å². The van der Waals surface area contributed by atoms with Gasteiger partial charge in [-0.2, -0.15) is 0 Å². The topological polar surface area (TPSA) is 109 Å². The maximum Gasteiger partial charge on any atom is 0.343 e. The second kappa shape index (κ2) is 5.13. The lowest BCUT2D eigenvalue weighted by atomic mass is 10.5. The summed E-state index contributed by atoms with van der Waals surface area (Å²) in [6.45, 7) is 0. The van der Waals surface area contributed by atoms with Gasteiger partial charge in [-0.05, 0) is 0 Å². The molecule has 0 spiro atoms. The average Bonchev–Trinajstić information content (AvgIpc) is 2.51. The SMILES string of the molecule is Nc1nnc(CCSC(O)C(=O)O)s1. The number of nitrogen functional groups attached to an aromatic ring is 1. The zero-order chi connectivity index (χ0) is 10.6. The Morgan fingerprint density at radius 1 is 1.64 bits per heavy atom. The van der Waals surface area contributed by atoms with Crippen molar-refractivity contribution >= 4 is 34.2 Å². The van der Waals surface area contributed by atoms with Crippen LogP contribution in [0.2, 0.25) is 0 Å². The fourth-order valence-corrected chi connectivity index (χ4v) is 2.11. The maximum atomic E-state index is 10.2. The molecule has 0 aromatic carbocycles. The molecule has 0 aliphatic heterocycles. The van der Waals surface area contributed by atoms with E-state index < -0.39 is 11.4 Å². The van der Waals surface area contributed by atoms with Gasteiger partial charge in [0.25, 0.3) is 0 Å². The van der Waals surface area contributed by atoms with Crippen molar-refractivity contribution in [3.8, 4) is 0 Å². The van der Waals surface area contributed by atoms with E-state index in [-0.39, 0.29) is 0 Å². The van der Waals surface area contributed by atoms with Gasteiger partial charge in [-0.1, -0.05) is 11.3 Å². The van der Waals surface area contributed by atoms with E-state index in [9.17, 15) is 4.79 Å². The highest BCUT2D eigenvalue weighted by molar-refractivity contribution is 8.00. The molecule has 1 unspecified atom stereocenters. The first-order chi connectivity index (χ1) is 6.59. The first-order valence-electron chi connectivity index (χ1n) is 3.70. The fourth-order valence-electron chi connectivity index (χ4n) is 0.697. The van der Waals surface area contributed by atoms with Crippen molar-refractivity contribution < 1.29 is 15.0 Å². The number of aryl methyl sites for hydroxylation is 1. The number of nitrogens with two attached hydrogens (primary N) is 1. The van der Waals surface area contributed by atoms with Gasteiger partial charge < -0.3 is 15.9 Å². The minimum Gasteiger partial charge on any atom is -0.479 e. The fraction of sp³-hybridized carbons (Fsp3) is 0.500. The minimum atomic E-state index is -1.37. The third-order valence-corrected chi connectivity index (χ3v) is 3.05. The number of hydrogen-bond acceptors (Lipinski definition) is 7. The molecule has 1 rings (SSSR count). The molecule has 0 saturated carbocycles. The summed E-state index contributed by atoms with van der Waals surface area (Å²) >= 11 is 2.20. The maximum absolute atomic E-state index is 10.2. The van der Waals surface area contributed by atoms with E-state index in [1.807, 2.05) is 0 Å². The van der Waals surface area contributed by atoms with Crippen LogP contribution in [0.5, 0.6) is 0 Å². The Balaban J connectivity index is 2.25. The monoisotopic (exact) mass is 235 g/mol. The van der Waals surface area contributed by atoms with Gasteiger partial charge in [0.1, 0.15) is 5.01 Å². The zero-order valence-electron chi connectivity index (χ0n) is 7.08. The predicted molar refractivity (Wildman–Crippen MR) is 54.1 cm³/mol. The van der Waals surface area contributed by atoms with E-state index in [1.54, 1.807) is 0 Å². The summed E-state index contributed by atoms with van der Waals surface area (Å²) < 4.78 is 0. The second-order valence-corrected chi connectivity index (χ2v) is 4.63. The number of carboxylic acid groups (broad SMARTS) is 1. The number of hydrogen-bond donors (Lipinski definition) is 3. The van der Waals surface area contributed by atoms with Crippen molar-refractivity contribution in [1.29, 1.82) is 0 Å². The van der Waals surface area contributed by atoms with Crippen LogP contribution in [0.3, 0.4) is 0 Å². The highest BCUT2D eigenvalue weighted by Crippen LogP contribution is 2.15. The van der Waals surface area contributed by atoms with Crippen LogP contribution >= 0.6 is 23.1 Å². The quantitative estimate of drug-likeness (QED) is 0.606. The number of rotatable bonds is 5. The molecule has 0 fully saturated rings. The number of nitrogens with zero attached hydrogens (tertiary/aromatic N) is 2. The number of aromatic nitrogens is 2. The average molecular weight is 235 g/mol. The van der Waals surface area contributed by atoms with Crippen molar-refractivity contribution in [2.75, 3.05) is 11.5 Å². The van der Waals surface area contributed by atoms with E-state index in [0.29, 0.717) is 17.3 Å². The van der Waals surface area contributed by atoms with Gasteiger partial charge in [-0.25, -0.2) is 4.79 Å². The summed E-state index contributed by atoms with van der Waals surface area (Å²) in [5.74, 6) is -0.756. The van der Waals surface area contributed by atoms with Crippen molar-refractivity contribution in [3.63, 3.8) is 0 Å². The van der Waals surface area contributed by atoms with Crippen LogP contribution in [0.15, 0.2) is 0 Å². The molecule has 0 aliphatic carbocycles. The van der Waals surface area contributed by atoms with Crippen LogP contribution < -0.4 is 5.73 Å². The van der Waals surface area contributed by atoms with Gasteiger partial charge in [0.05, 0.1) is 0 Å². The molecule has 0 radical (unpaired) electrons. The summed E-state index contributed by atoms with van der Waals surface area (Å²) in [7, 11) is 0. The lowest BCUT2D eigenvalue weighted by molar-refractivity contribution is -0.141. The van der Waals surface area contributed by atoms with Crippen LogP contribution in [0.1, 0.15) is 5.01 Å². The lowest BCUT2D eigenvalue weighted by Gasteiger charge is -2.02. The summed E-state index contributed by atoms with van der Waals surface area (Å²) in [6.07, 6.45) is 0.559. The molecule has 0 bridgehead atoms. The van der Waals surface area contributed by atoms with Crippen LogP contribution in [-0.2, 0) is 11.2 Å². The Labute approximate surface area is 88.2 Å². The molecule has 1 atom stereocenters. The highest BCUT2D eigenvalue weighted by atomic mass is 32.2. The Morgan fingerprint density at radius 2 is 2.36 bits per heavy atom. The first kappa shape index (κ1) is 11.2. The molecule has 0 saturated heterocycles. The number of aliphatic hydroxyl groups excluding tert-OH is 1. The summed E-state index contributed by atoms with van der Waals surface area (Å²) in [5.41, 5.74) is 3.98. The molecule has 4 N–H and O–H groups in total. The van der Waals surface area contributed by atoms with E-state index in [1.165, 1.54) is 11.3 Å². The molecule has 1 aromatic heterocycles. The van der Waals surface area contributed by atoms with Gasteiger partial charge in [-0.15, -0.1) is 22.0 Å². The number of carbonyl (C=O) groups is 1. The van der Waals surface area contributed by atoms with E-state index >= 15 is 0 Å². The normalized spacial score (nSPS) is 12.6. The molecule has 14 heavy (non-hydrogen) atoms. The summed E-state index contributed by atoms with van der Waals surface area (Å²) in [4.78, 5) is 10.2. The Kier molecular flexibility index (Phi) is 4.11. The molecule has 0 aliphatic rings. The van der Waals surface area contributed by atoms with Crippen LogP contribution in [-0.4, -0.2) is 37.6 Å². The third-order valence-electron chi connectivity index (χ3n) is 1.29. The molecule has 1 heterocycles. The zero-order valence-corrected chi connectivity index (χ0v) is 8.72. The van der Waals surface area contributed by atoms with Gasteiger partial charge >= 0.3 is 5.97 Å². The molecule has 0 amide bonds. The van der Waals surface area contributed by atoms with Crippen molar-refractivity contribution in [3.05, 3.63) is 5.01 Å². The minimum absolute atomic E-state index is 0.392. The van der Waals surface area contributed by atoms with E-state index in [4.69, 9.17) is 15.9 Å². The molecule has 8 heteroatoms. The van der Waals surface area contributed by atoms with Crippen LogP contribution in [0.4, 0.5) is 5.13 Å². The molecular weight excluding hydrogens is 226 g/mol. The van der Waals surface area contributed by atoms with Crippen LogP contribution in [0, 0.1) is 0 Å². The molecule has 78 valence electrons. The number of anilines is 1. The highest BCUT2D eigenvalue weighted by Gasteiger charge is 2.13. The number of aliphatic hydroxyl groups is 1. The number of carboxylic acids is 1. The van der Waals surface area contributed by atoms with E-state index in [2.05, 4.69) is 10.2 Å². The Bertz CT molecular complexity index is 317. The Hall–Kier alpha value is -0.860. The van der Waals surface area contributed by atoms with Crippen molar-refractivity contribution in [2.24, 2.45) is 0 Å². The van der Waals surface area contributed by atoms with Crippen molar-refractivity contribution in [2.45, 2.75) is 11.9 Å². The van der Waals surface area contributed by atoms with Gasteiger partial charge in [0, 0.05) is 12.2 Å².